The van der Waals surface area contributed by atoms with Gasteiger partial charge in [-0.2, -0.15) is 0 Å². The van der Waals surface area contributed by atoms with Gasteiger partial charge < -0.3 is 5.32 Å². The van der Waals surface area contributed by atoms with E-state index in [0.717, 1.165) is 50.9 Å². The van der Waals surface area contributed by atoms with Crippen LogP contribution < -0.4 is 5.32 Å². The Morgan fingerprint density at radius 3 is 2.78 bits per heavy atom. The van der Waals surface area contributed by atoms with Crippen molar-refractivity contribution in [2.45, 2.75) is 58.4 Å². The Morgan fingerprint density at radius 2 is 2.04 bits per heavy atom. The second-order valence-corrected chi connectivity index (χ2v) is 8.05. The van der Waals surface area contributed by atoms with E-state index in [4.69, 9.17) is 0 Å². The number of hydrogen-bond donors (Lipinski definition) is 1. The topological polar surface area (TPSA) is 32.3 Å². The van der Waals surface area contributed by atoms with Gasteiger partial charge in [0, 0.05) is 35.9 Å². The minimum absolute atomic E-state index is 0.159. The smallest absolute Gasteiger partial charge is 0.252 e. The number of rotatable bonds is 4. The lowest BCUT2D eigenvalue weighted by atomic mass is 9.95. The Hall–Kier alpha value is -1.13. The van der Waals surface area contributed by atoms with Crippen molar-refractivity contribution in [3.05, 3.63) is 33.0 Å². The van der Waals surface area contributed by atoms with Crippen LogP contribution in [0.3, 0.4) is 0 Å². The van der Waals surface area contributed by atoms with E-state index in [-0.39, 0.29) is 5.91 Å². The lowest BCUT2D eigenvalue weighted by molar-refractivity contribution is 0.0913. The van der Waals surface area contributed by atoms with Crippen LogP contribution in [0.5, 0.6) is 0 Å². The average molecular weight is 333 g/mol. The Balaban J connectivity index is 1.52. The molecule has 0 bridgehead atoms. The molecule has 0 unspecified atom stereocenters. The number of nitrogens with one attached hydrogen (secondary N) is 1. The molecule has 2 aliphatic rings. The monoisotopic (exact) mass is 332 g/mol. The maximum atomic E-state index is 12.6. The van der Waals surface area contributed by atoms with Crippen LogP contribution in [0.4, 0.5) is 0 Å². The Bertz CT molecular complexity index is 578. The van der Waals surface area contributed by atoms with E-state index in [9.17, 15) is 4.79 Å². The van der Waals surface area contributed by atoms with Crippen molar-refractivity contribution in [2.75, 3.05) is 19.6 Å². The van der Waals surface area contributed by atoms with Crippen molar-refractivity contribution in [3.8, 4) is 0 Å². The fraction of sp³-hybridized carbons (Fsp3) is 0.632. The number of carbonyl (C=O) groups is 1. The van der Waals surface area contributed by atoms with Gasteiger partial charge in [0.2, 0.25) is 0 Å². The fourth-order valence-electron chi connectivity index (χ4n) is 3.52. The van der Waals surface area contributed by atoms with E-state index in [2.05, 4.69) is 35.5 Å². The molecule has 3 nitrogen and oxygen atoms in total. The number of allylic oxidation sites excluding steroid dienone is 1. The predicted octanol–water partition coefficient (Wildman–Crippen LogP) is 3.79. The van der Waals surface area contributed by atoms with Crippen LogP contribution in [0.25, 0.3) is 0 Å². The minimum Gasteiger partial charge on any atom is -0.349 e. The van der Waals surface area contributed by atoms with Gasteiger partial charge in [-0.3, -0.25) is 9.69 Å². The average Bonchev–Trinajstić information content (AvgIpc) is 2.98. The largest absolute Gasteiger partial charge is 0.349 e. The number of nitrogens with zero attached hydrogens (tertiary/aromatic N) is 1. The van der Waals surface area contributed by atoms with E-state index in [1.807, 2.05) is 0 Å². The van der Waals surface area contributed by atoms with Crippen LogP contribution >= 0.6 is 11.3 Å². The zero-order chi connectivity index (χ0) is 16.2. The molecule has 1 N–H and O–H groups in total. The number of fused-ring (bicyclic) bond motifs is 1. The van der Waals surface area contributed by atoms with Crippen molar-refractivity contribution in [1.82, 2.24) is 10.2 Å². The first-order valence-electron chi connectivity index (χ1n) is 8.89. The van der Waals surface area contributed by atoms with Crippen LogP contribution in [0, 0.1) is 0 Å². The highest BCUT2D eigenvalue weighted by molar-refractivity contribution is 7.10. The van der Waals surface area contributed by atoms with Crippen molar-refractivity contribution < 1.29 is 4.79 Å². The number of carbonyl (C=O) groups excluding carboxylic acids is 1. The molecule has 1 fully saturated rings. The number of piperidine rings is 1. The van der Waals surface area contributed by atoms with Gasteiger partial charge in [0.25, 0.3) is 5.91 Å². The number of hydrogen-bond acceptors (Lipinski definition) is 3. The number of thiophene rings is 1. The molecule has 3 rings (SSSR count). The van der Waals surface area contributed by atoms with Gasteiger partial charge in [0.05, 0.1) is 5.56 Å². The number of aryl methyl sites for hydroxylation is 1. The van der Waals surface area contributed by atoms with Crippen LogP contribution in [0.2, 0.25) is 0 Å². The van der Waals surface area contributed by atoms with Crippen molar-refractivity contribution in [1.29, 1.82) is 0 Å². The summed E-state index contributed by atoms with van der Waals surface area (Å²) in [4.78, 5) is 16.5. The van der Waals surface area contributed by atoms with E-state index in [1.54, 1.807) is 11.3 Å². The standard InChI is InChI=1S/C19H28N2OS/c1-14(2)7-10-21-11-8-15(9-12-21)20-19(22)17-13-23-18-6-4-3-5-16(17)18/h7,13,15H,3-6,8-12H2,1-2H3,(H,20,22). The molecule has 0 spiro atoms. The first-order chi connectivity index (χ1) is 11.1. The third-order valence-electron chi connectivity index (χ3n) is 4.99. The maximum absolute atomic E-state index is 12.6. The quantitative estimate of drug-likeness (QED) is 0.851. The van der Waals surface area contributed by atoms with Gasteiger partial charge in [-0.15, -0.1) is 11.3 Å². The molecule has 1 amide bonds. The second kappa shape index (κ2) is 7.63. The van der Waals surface area contributed by atoms with Crippen molar-refractivity contribution in [2.24, 2.45) is 0 Å². The SMILES string of the molecule is CC(C)=CCN1CCC(NC(=O)c2csc3c2CCCC3)CC1. The van der Waals surface area contributed by atoms with Crippen molar-refractivity contribution in [3.63, 3.8) is 0 Å². The molecule has 1 aliphatic heterocycles. The molecule has 1 aliphatic carbocycles. The van der Waals surface area contributed by atoms with E-state index < -0.39 is 0 Å². The summed E-state index contributed by atoms with van der Waals surface area (Å²) in [5, 5.41) is 5.36. The molecule has 1 aromatic rings. The highest BCUT2D eigenvalue weighted by Gasteiger charge is 2.24. The molecule has 0 radical (unpaired) electrons. The Labute approximate surface area is 143 Å². The summed E-state index contributed by atoms with van der Waals surface area (Å²) >= 11 is 1.78. The minimum atomic E-state index is 0.159. The third-order valence-corrected chi connectivity index (χ3v) is 6.08. The molecule has 23 heavy (non-hydrogen) atoms. The molecular formula is C19H28N2OS. The van der Waals surface area contributed by atoms with Gasteiger partial charge in [-0.05, 0) is 57.9 Å². The lowest BCUT2D eigenvalue weighted by Crippen LogP contribution is -2.44. The lowest BCUT2D eigenvalue weighted by Gasteiger charge is -2.31. The molecular weight excluding hydrogens is 304 g/mol. The van der Waals surface area contributed by atoms with Gasteiger partial charge in [0.15, 0.2) is 0 Å². The zero-order valence-electron chi connectivity index (χ0n) is 14.4. The number of amides is 1. The second-order valence-electron chi connectivity index (χ2n) is 7.09. The van der Waals surface area contributed by atoms with Gasteiger partial charge in [-0.25, -0.2) is 0 Å². The number of likely N-dealkylation sites (tertiary alicyclic amines) is 1. The molecule has 2 heterocycles. The molecule has 0 saturated carbocycles. The highest BCUT2D eigenvalue weighted by Crippen LogP contribution is 2.30. The first-order valence-corrected chi connectivity index (χ1v) is 9.77. The fourth-order valence-corrected chi connectivity index (χ4v) is 4.64. The summed E-state index contributed by atoms with van der Waals surface area (Å²) in [6.07, 6.45) is 9.17. The summed E-state index contributed by atoms with van der Waals surface area (Å²) < 4.78 is 0. The molecule has 0 aromatic carbocycles. The molecule has 4 heteroatoms. The van der Waals surface area contributed by atoms with E-state index >= 15 is 0 Å². The van der Waals surface area contributed by atoms with Crippen LogP contribution in [0.1, 0.15) is 60.3 Å². The first kappa shape index (κ1) is 16.7. The van der Waals surface area contributed by atoms with Crippen molar-refractivity contribution >= 4 is 17.2 Å². The predicted molar refractivity (Wildman–Crippen MR) is 97.3 cm³/mol. The molecule has 126 valence electrons. The Morgan fingerprint density at radius 1 is 1.30 bits per heavy atom. The van der Waals surface area contributed by atoms with E-state index in [0.29, 0.717) is 6.04 Å². The summed E-state index contributed by atoms with van der Waals surface area (Å²) in [6.45, 7) is 7.50. The van der Waals surface area contributed by atoms with Crippen LogP contribution in [0.15, 0.2) is 17.0 Å². The zero-order valence-corrected chi connectivity index (χ0v) is 15.2. The summed E-state index contributed by atoms with van der Waals surface area (Å²) in [5.41, 5.74) is 3.67. The third kappa shape index (κ3) is 4.24. The van der Waals surface area contributed by atoms with Gasteiger partial charge >= 0.3 is 0 Å². The van der Waals surface area contributed by atoms with E-state index in [1.165, 1.54) is 28.9 Å². The summed E-state index contributed by atoms with van der Waals surface area (Å²) in [5.74, 6) is 0.159. The van der Waals surface area contributed by atoms with Crippen LogP contribution in [-0.2, 0) is 12.8 Å². The maximum Gasteiger partial charge on any atom is 0.252 e. The Kier molecular flexibility index (Phi) is 5.54. The molecule has 0 atom stereocenters. The molecule has 1 saturated heterocycles. The molecule has 1 aromatic heterocycles. The van der Waals surface area contributed by atoms with Crippen LogP contribution in [-0.4, -0.2) is 36.5 Å². The normalized spacial score (nSPS) is 19.2. The summed E-state index contributed by atoms with van der Waals surface area (Å²) in [6, 6.07) is 0.338. The van der Waals surface area contributed by atoms with Gasteiger partial charge in [0.1, 0.15) is 0 Å². The van der Waals surface area contributed by atoms with Gasteiger partial charge in [-0.1, -0.05) is 11.6 Å². The summed E-state index contributed by atoms with van der Waals surface area (Å²) in [7, 11) is 0. The highest BCUT2D eigenvalue weighted by atomic mass is 32.1.